The zero-order valence-corrected chi connectivity index (χ0v) is 9.77. The number of rotatable bonds is 2. The average molecular weight is 267 g/mol. The Hall–Kier alpha value is -1.16. The number of pyridine rings is 1. The number of hydrogen-bond donors (Lipinski definition) is 0. The third-order valence-corrected chi connectivity index (χ3v) is 3.01. The van der Waals surface area contributed by atoms with Crippen molar-refractivity contribution in [1.82, 2.24) is 9.88 Å². The van der Waals surface area contributed by atoms with E-state index in [1.54, 1.807) is 11.1 Å². The van der Waals surface area contributed by atoms with Crippen molar-refractivity contribution in [2.45, 2.75) is 5.92 Å². The van der Waals surface area contributed by atoms with Gasteiger partial charge in [-0.05, 0) is 34.1 Å². The van der Waals surface area contributed by atoms with E-state index in [0.29, 0.717) is 5.92 Å². The fourth-order valence-electron chi connectivity index (χ4n) is 1.60. The molecule has 0 atom stereocenters. The van der Waals surface area contributed by atoms with E-state index in [1.165, 1.54) is 6.08 Å². The maximum atomic E-state index is 11.2. The molecular formula is C11H11BrN2O. The van der Waals surface area contributed by atoms with Gasteiger partial charge in [0.25, 0.3) is 0 Å². The fourth-order valence-corrected chi connectivity index (χ4v) is 1.84. The Morgan fingerprint density at radius 2 is 2.33 bits per heavy atom. The summed E-state index contributed by atoms with van der Waals surface area (Å²) in [5.74, 6) is 0.380. The molecule has 0 N–H and O–H groups in total. The molecule has 1 aromatic heterocycles. The van der Waals surface area contributed by atoms with Crippen molar-refractivity contribution >= 4 is 21.8 Å². The molecule has 0 aromatic carbocycles. The molecule has 1 fully saturated rings. The van der Waals surface area contributed by atoms with Gasteiger partial charge in [0.1, 0.15) is 0 Å². The van der Waals surface area contributed by atoms with E-state index in [1.807, 2.05) is 12.1 Å². The van der Waals surface area contributed by atoms with Crippen molar-refractivity contribution < 1.29 is 4.79 Å². The van der Waals surface area contributed by atoms with Gasteiger partial charge in [-0.2, -0.15) is 0 Å². The number of carbonyl (C=O) groups excluding carboxylic acids is 1. The Balaban J connectivity index is 1.97. The molecule has 15 heavy (non-hydrogen) atoms. The largest absolute Gasteiger partial charge is 0.338 e. The number of likely N-dealkylation sites (tertiary alicyclic amines) is 1. The third-order valence-electron chi connectivity index (χ3n) is 2.54. The molecule has 78 valence electrons. The minimum atomic E-state index is 0.00311. The van der Waals surface area contributed by atoms with Gasteiger partial charge >= 0.3 is 0 Å². The summed E-state index contributed by atoms with van der Waals surface area (Å²) in [6.07, 6.45) is 3.14. The average Bonchev–Trinajstić information content (AvgIpc) is 2.18. The predicted molar refractivity (Wildman–Crippen MR) is 61.5 cm³/mol. The molecule has 3 nitrogen and oxygen atoms in total. The Kier molecular flexibility index (Phi) is 2.86. The summed E-state index contributed by atoms with van der Waals surface area (Å²) in [6.45, 7) is 4.96. The normalized spacial score (nSPS) is 15.9. The lowest BCUT2D eigenvalue weighted by Gasteiger charge is -2.38. The molecule has 0 bridgehead atoms. The van der Waals surface area contributed by atoms with E-state index in [9.17, 15) is 4.79 Å². The Morgan fingerprint density at radius 1 is 1.60 bits per heavy atom. The van der Waals surface area contributed by atoms with Crippen LogP contribution in [0.15, 0.2) is 35.5 Å². The number of nitrogens with zero attached hydrogens (tertiary/aromatic N) is 2. The van der Waals surface area contributed by atoms with Gasteiger partial charge in [-0.25, -0.2) is 0 Å². The molecular weight excluding hydrogens is 256 g/mol. The zero-order valence-electron chi connectivity index (χ0n) is 8.19. The Labute approximate surface area is 96.9 Å². The SMILES string of the molecule is C=CC(=O)N1CC(c2ccc(Br)cn2)C1. The van der Waals surface area contributed by atoms with Gasteiger partial charge in [0, 0.05) is 35.4 Å². The van der Waals surface area contributed by atoms with Gasteiger partial charge in [-0.15, -0.1) is 0 Å². The number of halogens is 1. The lowest BCUT2D eigenvalue weighted by molar-refractivity contribution is -0.130. The molecule has 0 radical (unpaired) electrons. The number of aromatic nitrogens is 1. The molecule has 0 saturated carbocycles. The van der Waals surface area contributed by atoms with Crippen LogP contribution in [-0.4, -0.2) is 28.9 Å². The second-order valence-electron chi connectivity index (χ2n) is 3.55. The van der Waals surface area contributed by atoms with Crippen LogP contribution in [0, 0.1) is 0 Å². The molecule has 2 rings (SSSR count). The molecule has 1 amide bonds. The van der Waals surface area contributed by atoms with Crippen molar-refractivity contribution in [3.05, 3.63) is 41.2 Å². The lowest BCUT2D eigenvalue weighted by atomic mass is 9.96. The van der Waals surface area contributed by atoms with Crippen molar-refractivity contribution in [2.24, 2.45) is 0 Å². The highest BCUT2D eigenvalue weighted by Crippen LogP contribution is 2.26. The van der Waals surface area contributed by atoms with E-state index in [2.05, 4.69) is 27.5 Å². The van der Waals surface area contributed by atoms with E-state index >= 15 is 0 Å². The summed E-state index contributed by atoms with van der Waals surface area (Å²) in [4.78, 5) is 17.3. The molecule has 1 aromatic rings. The highest BCUT2D eigenvalue weighted by atomic mass is 79.9. The van der Waals surface area contributed by atoms with E-state index in [4.69, 9.17) is 0 Å². The number of hydrogen-bond acceptors (Lipinski definition) is 2. The van der Waals surface area contributed by atoms with Crippen LogP contribution in [0.1, 0.15) is 11.6 Å². The minimum Gasteiger partial charge on any atom is -0.338 e. The van der Waals surface area contributed by atoms with Crippen molar-refractivity contribution in [3.63, 3.8) is 0 Å². The predicted octanol–water partition coefficient (Wildman–Crippen LogP) is 1.96. The van der Waals surface area contributed by atoms with E-state index in [0.717, 1.165) is 23.3 Å². The number of amides is 1. The Morgan fingerprint density at radius 3 is 2.87 bits per heavy atom. The standard InChI is InChI=1S/C11H11BrN2O/c1-2-11(15)14-6-8(7-14)10-4-3-9(12)5-13-10/h2-5,8H,1,6-7H2. The first-order valence-corrected chi connectivity index (χ1v) is 5.53. The number of carbonyl (C=O) groups is 1. The first-order valence-electron chi connectivity index (χ1n) is 4.73. The van der Waals surface area contributed by atoms with Gasteiger partial charge in [0.2, 0.25) is 5.91 Å². The second-order valence-corrected chi connectivity index (χ2v) is 4.46. The monoisotopic (exact) mass is 266 g/mol. The third kappa shape index (κ3) is 2.09. The van der Waals surface area contributed by atoms with Crippen LogP contribution in [0.2, 0.25) is 0 Å². The molecule has 1 aliphatic heterocycles. The molecule has 2 heterocycles. The first kappa shape index (κ1) is 10.4. The summed E-state index contributed by atoms with van der Waals surface area (Å²) in [7, 11) is 0. The molecule has 1 aliphatic rings. The topological polar surface area (TPSA) is 33.2 Å². The summed E-state index contributed by atoms with van der Waals surface area (Å²) in [5.41, 5.74) is 1.05. The Bertz CT molecular complexity index is 382. The van der Waals surface area contributed by atoms with Crippen LogP contribution >= 0.6 is 15.9 Å². The maximum Gasteiger partial charge on any atom is 0.245 e. The van der Waals surface area contributed by atoms with Gasteiger partial charge in [0.05, 0.1) is 0 Å². The molecule has 4 heteroatoms. The lowest BCUT2D eigenvalue weighted by Crippen LogP contribution is -2.48. The van der Waals surface area contributed by atoms with Crippen LogP contribution in [-0.2, 0) is 4.79 Å². The van der Waals surface area contributed by atoms with Crippen molar-refractivity contribution in [1.29, 1.82) is 0 Å². The van der Waals surface area contributed by atoms with Crippen LogP contribution < -0.4 is 0 Å². The molecule has 1 saturated heterocycles. The summed E-state index contributed by atoms with van der Waals surface area (Å²) < 4.78 is 0.976. The van der Waals surface area contributed by atoms with Crippen molar-refractivity contribution in [2.75, 3.05) is 13.1 Å². The summed E-state index contributed by atoms with van der Waals surface area (Å²) in [5, 5.41) is 0. The first-order chi connectivity index (χ1) is 7.20. The van der Waals surface area contributed by atoms with E-state index < -0.39 is 0 Å². The van der Waals surface area contributed by atoms with Crippen molar-refractivity contribution in [3.8, 4) is 0 Å². The quantitative estimate of drug-likeness (QED) is 0.767. The highest BCUT2D eigenvalue weighted by Gasteiger charge is 2.31. The van der Waals surface area contributed by atoms with Crippen LogP contribution in [0.3, 0.4) is 0 Å². The van der Waals surface area contributed by atoms with E-state index in [-0.39, 0.29) is 5.91 Å². The van der Waals surface area contributed by atoms with Gasteiger partial charge in [-0.1, -0.05) is 6.58 Å². The van der Waals surface area contributed by atoms with Gasteiger partial charge < -0.3 is 4.90 Å². The van der Waals surface area contributed by atoms with Gasteiger partial charge in [0.15, 0.2) is 0 Å². The fraction of sp³-hybridized carbons (Fsp3) is 0.273. The summed E-state index contributed by atoms with van der Waals surface area (Å²) in [6, 6.07) is 3.96. The maximum absolute atomic E-state index is 11.2. The molecule has 0 spiro atoms. The van der Waals surface area contributed by atoms with Gasteiger partial charge in [-0.3, -0.25) is 9.78 Å². The second kappa shape index (κ2) is 4.14. The smallest absolute Gasteiger partial charge is 0.245 e. The van der Waals surface area contributed by atoms with Crippen LogP contribution in [0.4, 0.5) is 0 Å². The summed E-state index contributed by atoms with van der Waals surface area (Å²) >= 11 is 3.34. The van der Waals surface area contributed by atoms with Crippen LogP contribution in [0.25, 0.3) is 0 Å². The minimum absolute atomic E-state index is 0.00311. The van der Waals surface area contributed by atoms with Crippen LogP contribution in [0.5, 0.6) is 0 Å². The highest BCUT2D eigenvalue weighted by molar-refractivity contribution is 9.10. The molecule has 0 unspecified atom stereocenters. The molecule has 0 aliphatic carbocycles. The zero-order chi connectivity index (χ0) is 10.8.